The Morgan fingerprint density at radius 3 is 2.64 bits per heavy atom. The van der Waals surface area contributed by atoms with E-state index in [9.17, 15) is 19.8 Å². The van der Waals surface area contributed by atoms with Gasteiger partial charge in [-0.2, -0.15) is 0 Å². The van der Waals surface area contributed by atoms with Crippen molar-refractivity contribution < 1.29 is 24.5 Å². The normalized spacial score (nSPS) is 47.8. The van der Waals surface area contributed by atoms with Crippen LogP contribution >= 0.6 is 0 Å². The topological polar surface area (TPSA) is 83.8 Å². The Morgan fingerprint density at radius 1 is 1.18 bits per heavy atom. The summed E-state index contributed by atoms with van der Waals surface area (Å²) in [5, 5.41) is 22.3. The van der Waals surface area contributed by atoms with Crippen molar-refractivity contribution in [2.24, 2.45) is 28.6 Å². The van der Waals surface area contributed by atoms with Gasteiger partial charge in [-0.1, -0.05) is 13.8 Å². The van der Waals surface area contributed by atoms with Crippen molar-refractivity contribution in [1.29, 1.82) is 0 Å². The summed E-state index contributed by atoms with van der Waals surface area (Å²) in [6.07, 6.45) is 6.15. The standard InChI is InChI=1S/C23H34O5/c1-4-28-13-20(26)17-8-10-23(27)18-11-19(25)16-6-5-14(24)12-21(16,2)15(18)7-9-22(17,23)3/h11,14-17,24,27H,4-10,12-13H2,1-3H3/t14?,15?,16?,17?,21?,22?,23-/m1/s1. The summed E-state index contributed by atoms with van der Waals surface area (Å²) in [4.78, 5) is 25.8. The lowest BCUT2D eigenvalue weighted by atomic mass is 9.46. The number of hydrogen-bond acceptors (Lipinski definition) is 5. The highest BCUT2D eigenvalue weighted by Crippen LogP contribution is 2.67. The van der Waals surface area contributed by atoms with Gasteiger partial charge in [0.2, 0.25) is 0 Å². The third kappa shape index (κ3) is 2.62. The minimum Gasteiger partial charge on any atom is -0.393 e. The van der Waals surface area contributed by atoms with Gasteiger partial charge in [-0.15, -0.1) is 0 Å². The molecule has 0 amide bonds. The molecule has 4 aliphatic carbocycles. The number of aliphatic hydroxyl groups is 2. The first-order valence-electron chi connectivity index (χ1n) is 10.9. The molecule has 156 valence electrons. The fourth-order valence-electron chi connectivity index (χ4n) is 7.26. The van der Waals surface area contributed by atoms with Crippen LogP contribution in [0.2, 0.25) is 0 Å². The lowest BCUT2D eigenvalue weighted by Gasteiger charge is -2.59. The minimum absolute atomic E-state index is 0.0607. The van der Waals surface area contributed by atoms with E-state index in [0.29, 0.717) is 32.3 Å². The average molecular weight is 391 g/mol. The lowest BCUT2D eigenvalue weighted by Crippen LogP contribution is -2.59. The van der Waals surface area contributed by atoms with Crippen molar-refractivity contribution >= 4 is 11.6 Å². The minimum atomic E-state index is -1.12. The number of aliphatic hydroxyl groups excluding tert-OH is 1. The fraction of sp³-hybridized carbons (Fsp3) is 0.826. The Morgan fingerprint density at radius 2 is 1.93 bits per heavy atom. The van der Waals surface area contributed by atoms with Crippen LogP contribution in [0.25, 0.3) is 0 Å². The Balaban J connectivity index is 1.71. The van der Waals surface area contributed by atoms with Crippen LogP contribution in [0, 0.1) is 28.6 Å². The van der Waals surface area contributed by atoms with E-state index in [2.05, 4.69) is 6.92 Å². The van der Waals surface area contributed by atoms with Crippen molar-refractivity contribution in [3.8, 4) is 0 Å². The molecule has 0 heterocycles. The number of rotatable bonds is 4. The zero-order chi connectivity index (χ0) is 20.3. The number of carbonyl (C=O) groups excluding carboxylic acids is 2. The number of Topliss-reactive ketones (excluding diaryl/α,β-unsaturated/α-hetero) is 1. The predicted octanol–water partition coefficient (Wildman–Crippen LogP) is 2.83. The highest BCUT2D eigenvalue weighted by molar-refractivity contribution is 5.95. The Hall–Kier alpha value is -1.04. The van der Waals surface area contributed by atoms with Crippen LogP contribution in [0.1, 0.15) is 65.7 Å². The quantitative estimate of drug-likeness (QED) is 0.771. The van der Waals surface area contributed by atoms with E-state index in [0.717, 1.165) is 24.8 Å². The summed E-state index contributed by atoms with van der Waals surface area (Å²) >= 11 is 0. The van der Waals surface area contributed by atoms with Gasteiger partial charge in [0.05, 0.1) is 11.7 Å². The first-order valence-corrected chi connectivity index (χ1v) is 10.9. The Labute approximate surface area is 167 Å². The second kappa shape index (κ2) is 6.75. The van der Waals surface area contributed by atoms with Crippen LogP contribution in [0.4, 0.5) is 0 Å². The molecular formula is C23H34O5. The molecule has 0 saturated heterocycles. The molecule has 28 heavy (non-hydrogen) atoms. The molecular weight excluding hydrogens is 356 g/mol. The Bertz CT molecular complexity index is 714. The molecule has 0 aromatic carbocycles. The van der Waals surface area contributed by atoms with E-state index in [1.54, 1.807) is 6.08 Å². The molecule has 0 radical (unpaired) electrons. The molecule has 4 aliphatic rings. The molecule has 3 fully saturated rings. The maximum absolute atomic E-state index is 13.0. The van der Waals surface area contributed by atoms with Crippen LogP contribution in [0.15, 0.2) is 11.6 Å². The Kier molecular flexibility index (Phi) is 4.88. The van der Waals surface area contributed by atoms with E-state index >= 15 is 0 Å². The van der Waals surface area contributed by atoms with Gasteiger partial charge in [-0.05, 0) is 74.9 Å². The van der Waals surface area contributed by atoms with Crippen LogP contribution in [0.5, 0.6) is 0 Å². The van der Waals surface area contributed by atoms with Crippen molar-refractivity contribution in [2.45, 2.75) is 77.4 Å². The molecule has 0 bridgehead atoms. The van der Waals surface area contributed by atoms with E-state index < -0.39 is 11.0 Å². The molecule has 2 N–H and O–H groups in total. The number of hydrogen-bond donors (Lipinski definition) is 2. The zero-order valence-electron chi connectivity index (χ0n) is 17.4. The second-order valence-corrected chi connectivity index (χ2v) is 10.1. The number of fused-ring (bicyclic) bond motifs is 5. The van der Waals surface area contributed by atoms with Gasteiger partial charge in [0.25, 0.3) is 0 Å². The molecule has 7 atom stereocenters. The maximum Gasteiger partial charge on any atom is 0.162 e. The van der Waals surface area contributed by atoms with E-state index in [4.69, 9.17) is 4.74 Å². The molecule has 5 heteroatoms. The van der Waals surface area contributed by atoms with Crippen LogP contribution in [0.3, 0.4) is 0 Å². The van der Waals surface area contributed by atoms with Gasteiger partial charge >= 0.3 is 0 Å². The number of ketones is 2. The van der Waals surface area contributed by atoms with Crippen molar-refractivity contribution in [3.63, 3.8) is 0 Å². The largest absolute Gasteiger partial charge is 0.393 e. The SMILES string of the molecule is CCOCC(=O)C1CC[C@@]2(O)C3=CC(=O)C4CCC(O)CC4(C)C3CCC12C. The highest BCUT2D eigenvalue weighted by atomic mass is 16.5. The average Bonchev–Trinajstić information content (AvgIpc) is 2.91. The first kappa shape index (κ1) is 20.2. The van der Waals surface area contributed by atoms with Gasteiger partial charge < -0.3 is 14.9 Å². The smallest absolute Gasteiger partial charge is 0.162 e. The van der Waals surface area contributed by atoms with Crippen molar-refractivity contribution in [2.75, 3.05) is 13.2 Å². The summed E-state index contributed by atoms with van der Waals surface area (Å²) in [6, 6.07) is 0. The molecule has 6 unspecified atom stereocenters. The van der Waals surface area contributed by atoms with Gasteiger partial charge in [-0.25, -0.2) is 0 Å². The highest BCUT2D eigenvalue weighted by Gasteiger charge is 2.66. The van der Waals surface area contributed by atoms with Gasteiger partial charge in [-0.3, -0.25) is 9.59 Å². The molecule has 4 rings (SSSR count). The monoisotopic (exact) mass is 390 g/mol. The van der Waals surface area contributed by atoms with E-state index in [1.807, 2.05) is 13.8 Å². The third-order valence-electron chi connectivity index (χ3n) is 8.85. The molecule has 5 nitrogen and oxygen atoms in total. The van der Waals surface area contributed by atoms with Crippen LogP contribution in [-0.4, -0.2) is 46.7 Å². The summed E-state index contributed by atoms with van der Waals surface area (Å²) < 4.78 is 5.36. The van der Waals surface area contributed by atoms with Gasteiger partial charge in [0.1, 0.15) is 6.61 Å². The number of allylic oxidation sites excluding steroid dienone is 1. The third-order valence-corrected chi connectivity index (χ3v) is 8.85. The maximum atomic E-state index is 13.0. The number of carbonyl (C=O) groups is 2. The molecule has 0 aliphatic heterocycles. The molecule has 0 spiro atoms. The predicted molar refractivity (Wildman–Crippen MR) is 105 cm³/mol. The van der Waals surface area contributed by atoms with Crippen molar-refractivity contribution in [3.05, 3.63) is 11.6 Å². The molecule has 0 aromatic rings. The van der Waals surface area contributed by atoms with E-state index in [-0.39, 0.29) is 47.4 Å². The summed E-state index contributed by atoms with van der Waals surface area (Å²) in [7, 11) is 0. The van der Waals surface area contributed by atoms with E-state index in [1.165, 1.54) is 0 Å². The van der Waals surface area contributed by atoms with Crippen LogP contribution < -0.4 is 0 Å². The van der Waals surface area contributed by atoms with Crippen molar-refractivity contribution in [1.82, 2.24) is 0 Å². The zero-order valence-corrected chi connectivity index (χ0v) is 17.4. The summed E-state index contributed by atoms with van der Waals surface area (Å²) in [5.41, 5.74) is -1.14. The second-order valence-electron chi connectivity index (χ2n) is 10.1. The summed E-state index contributed by atoms with van der Waals surface area (Å²) in [6.45, 7) is 6.64. The first-order chi connectivity index (χ1) is 13.2. The molecule has 3 saturated carbocycles. The number of ether oxygens (including phenoxy) is 1. The fourth-order valence-corrected chi connectivity index (χ4v) is 7.26. The van der Waals surface area contributed by atoms with Gasteiger partial charge in [0.15, 0.2) is 11.6 Å². The summed E-state index contributed by atoms with van der Waals surface area (Å²) in [5.74, 6) is -0.0251. The van der Waals surface area contributed by atoms with Crippen LogP contribution in [-0.2, 0) is 14.3 Å². The van der Waals surface area contributed by atoms with Gasteiger partial charge in [0, 0.05) is 23.9 Å². The molecule has 0 aromatic heterocycles. The lowest BCUT2D eigenvalue weighted by molar-refractivity contribution is -0.146.